The summed E-state index contributed by atoms with van der Waals surface area (Å²) in [7, 11) is 0. The maximum absolute atomic E-state index is 5.52. The molecule has 1 N–H and O–H groups in total. The first-order valence-corrected chi connectivity index (χ1v) is 14.6. The second-order valence-electron chi connectivity index (χ2n) is 10.8. The van der Waals surface area contributed by atoms with Crippen molar-refractivity contribution in [1.29, 1.82) is 0 Å². The Morgan fingerprint density at radius 3 is 2.59 bits per heavy atom. The fourth-order valence-electron chi connectivity index (χ4n) is 6.63. The second-order valence-corrected chi connectivity index (χ2v) is 11.9. The molecule has 194 valence electrons. The molecule has 0 bridgehead atoms. The van der Waals surface area contributed by atoms with Crippen LogP contribution in [0.5, 0.6) is 0 Å². The van der Waals surface area contributed by atoms with Crippen LogP contribution in [0.1, 0.15) is 50.5 Å². The molecule has 37 heavy (non-hydrogen) atoms. The number of thiophene rings is 1. The minimum atomic E-state index is 0.0916. The van der Waals surface area contributed by atoms with Crippen molar-refractivity contribution in [2.45, 2.75) is 56.4 Å². The number of hydrogen-bond donors (Lipinski definition) is 1. The van der Waals surface area contributed by atoms with Crippen LogP contribution in [-0.4, -0.2) is 71.8 Å². The summed E-state index contributed by atoms with van der Waals surface area (Å²) in [6, 6.07) is 4.88. The van der Waals surface area contributed by atoms with Gasteiger partial charge in [-0.25, -0.2) is 15.0 Å². The van der Waals surface area contributed by atoms with Crippen molar-refractivity contribution in [1.82, 2.24) is 19.9 Å². The first-order chi connectivity index (χ1) is 18.3. The van der Waals surface area contributed by atoms with Crippen LogP contribution in [0.2, 0.25) is 0 Å². The second kappa shape index (κ2) is 9.89. The van der Waals surface area contributed by atoms with E-state index < -0.39 is 0 Å². The van der Waals surface area contributed by atoms with E-state index in [9.17, 15) is 0 Å². The predicted octanol–water partition coefficient (Wildman–Crippen LogP) is 5.43. The van der Waals surface area contributed by atoms with Gasteiger partial charge in [-0.05, 0) is 37.8 Å². The van der Waals surface area contributed by atoms with Crippen LogP contribution in [0.15, 0.2) is 34.8 Å². The number of ether oxygens (including phenoxy) is 1. The van der Waals surface area contributed by atoms with Gasteiger partial charge in [0.05, 0.1) is 48.1 Å². The molecule has 3 aromatic heterocycles. The number of pyridine rings is 1. The molecular weight excluding hydrogens is 484 g/mol. The van der Waals surface area contributed by atoms with Crippen LogP contribution < -0.4 is 10.2 Å². The minimum absolute atomic E-state index is 0.0916. The lowest BCUT2D eigenvalue weighted by atomic mass is 9.69. The van der Waals surface area contributed by atoms with Gasteiger partial charge >= 0.3 is 0 Å². The van der Waals surface area contributed by atoms with Gasteiger partial charge in [0, 0.05) is 43.2 Å². The van der Waals surface area contributed by atoms with Crippen LogP contribution in [0.3, 0.4) is 0 Å². The van der Waals surface area contributed by atoms with Crippen LogP contribution >= 0.6 is 11.3 Å². The fourth-order valence-corrected chi connectivity index (χ4v) is 7.71. The van der Waals surface area contributed by atoms with Crippen LogP contribution in [0.25, 0.3) is 10.2 Å². The number of hydrogen-bond acceptors (Lipinski definition) is 10. The summed E-state index contributed by atoms with van der Waals surface area (Å²) >= 11 is 1.67. The van der Waals surface area contributed by atoms with E-state index in [4.69, 9.17) is 14.7 Å². The zero-order chi connectivity index (χ0) is 24.7. The molecule has 2 saturated heterocycles. The summed E-state index contributed by atoms with van der Waals surface area (Å²) in [6.07, 6.45) is 12.4. The van der Waals surface area contributed by atoms with Gasteiger partial charge in [-0.1, -0.05) is 19.3 Å². The van der Waals surface area contributed by atoms with Gasteiger partial charge < -0.3 is 15.0 Å². The molecule has 3 fully saturated rings. The molecule has 3 aliphatic heterocycles. The number of anilines is 3. The number of fused-ring (bicyclic) bond motifs is 4. The molecule has 0 atom stereocenters. The van der Waals surface area contributed by atoms with Gasteiger partial charge in [0.25, 0.3) is 0 Å². The van der Waals surface area contributed by atoms with Crippen molar-refractivity contribution in [3.05, 3.63) is 30.1 Å². The molecule has 1 saturated carbocycles. The first kappa shape index (κ1) is 23.4. The van der Waals surface area contributed by atoms with Crippen LogP contribution in [-0.2, 0) is 10.2 Å². The molecule has 0 radical (unpaired) electrons. The quantitative estimate of drug-likeness (QED) is 0.492. The summed E-state index contributed by atoms with van der Waals surface area (Å²) in [5.74, 6) is 1.36. The zero-order valence-corrected chi connectivity index (χ0v) is 22.0. The van der Waals surface area contributed by atoms with Crippen molar-refractivity contribution in [3.63, 3.8) is 0 Å². The van der Waals surface area contributed by atoms with Gasteiger partial charge in [0.2, 0.25) is 5.95 Å². The zero-order valence-electron chi connectivity index (χ0n) is 21.2. The molecule has 9 nitrogen and oxygen atoms in total. The number of piperidine rings is 1. The number of azo groups is 1. The summed E-state index contributed by atoms with van der Waals surface area (Å²) < 4.78 is 6.61. The van der Waals surface area contributed by atoms with E-state index in [1.54, 1.807) is 11.3 Å². The fraction of sp³-hybridized carbons (Fsp3) is 0.593. The van der Waals surface area contributed by atoms with Crippen molar-refractivity contribution in [3.8, 4) is 0 Å². The standard InChI is InChI=1S/C27H34N8OS/c1-2-8-27(9-3-1)18-30-33-25-23(27)24-21(37-25)17-29-26(32-24)31-22-5-4-20(16-28-22)34-10-6-19(7-11-34)35-12-14-36-15-13-35/h4-5,16-17,19H,1-3,6-15,18H2,(H,28,29,31,32). The Balaban J connectivity index is 1.05. The van der Waals surface area contributed by atoms with E-state index in [2.05, 4.69) is 36.4 Å². The monoisotopic (exact) mass is 518 g/mol. The highest BCUT2D eigenvalue weighted by atomic mass is 32.1. The van der Waals surface area contributed by atoms with Gasteiger partial charge in [-0.2, -0.15) is 5.11 Å². The highest BCUT2D eigenvalue weighted by Crippen LogP contribution is 2.52. The smallest absolute Gasteiger partial charge is 0.228 e. The Kier molecular flexibility index (Phi) is 6.26. The molecule has 0 unspecified atom stereocenters. The van der Waals surface area contributed by atoms with Crippen molar-refractivity contribution in [2.75, 3.05) is 56.2 Å². The largest absolute Gasteiger partial charge is 0.379 e. The van der Waals surface area contributed by atoms with Crippen molar-refractivity contribution >= 4 is 44.0 Å². The minimum Gasteiger partial charge on any atom is -0.379 e. The van der Waals surface area contributed by atoms with E-state index >= 15 is 0 Å². The maximum Gasteiger partial charge on any atom is 0.228 e. The molecule has 4 aliphatic rings. The number of morpholine rings is 1. The lowest BCUT2D eigenvalue weighted by Crippen LogP contribution is -2.49. The predicted molar refractivity (Wildman–Crippen MR) is 147 cm³/mol. The first-order valence-electron chi connectivity index (χ1n) is 13.7. The Hall–Kier alpha value is -2.69. The van der Waals surface area contributed by atoms with Gasteiger partial charge in [-0.15, -0.1) is 16.5 Å². The summed E-state index contributed by atoms with van der Waals surface area (Å²) in [6.45, 7) is 6.80. The van der Waals surface area contributed by atoms with Gasteiger partial charge in [-0.3, -0.25) is 4.90 Å². The molecule has 1 spiro atoms. The van der Waals surface area contributed by atoms with Crippen LogP contribution in [0, 0.1) is 0 Å². The lowest BCUT2D eigenvalue weighted by Gasteiger charge is -2.40. The van der Waals surface area contributed by atoms with E-state index in [0.717, 1.165) is 67.0 Å². The van der Waals surface area contributed by atoms with E-state index in [0.29, 0.717) is 12.0 Å². The number of aromatic nitrogens is 3. The van der Waals surface area contributed by atoms with E-state index in [1.807, 2.05) is 18.5 Å². The molecule has 1 aliphatic carbocycles. The molecular formula is C27H34N8OS. The topological polar surface area (TPSA) is 91.1 Å². The molecule has 0 aromatic carbocycles. The molecule has 6 heterocycles. The Bertz CT molecular complexity index is 1270. The number of rotatable bonds is 4. The molecule has 0 amide bonds. The lowest BCUT2D eigenvalue weighted by molar-refractivity contribution is 0.0115. The molecule has 7 rings (SSSR count). The third kappa shape index (κ3) is 4.49. The van der Waals surface area contributed by atoms with Crippen LogP contribution in [0.4, 0.5) is 22.5 Å². The van der Waals surface area contributed by atoms with Gasteiger partial charge in [0.15, 0.2) is 0 Å². The Labute approximate surface area is 221 Å². The number of nitrogens with one attached hydrogen (secondary N) is 1. The van der Waals surface area contributed by atoms with E-state index in [1.165, 1.54) is 56.2 Å². The summed E-state index contributed by atoms with van der Waals surface area (Å²) in [4.78, 5) is 19.3. The highest BCUT2D eigenvalue weighted by molar-refractivity contribution is 7.22. The van der Waals surface area contributed by atoms with E-state index in [-0.39, 0.29) is 5.41 Å². The third-order valence-corrected chi connectivity index (χ3v) is 9.67. The number of nitrogens with zero attached hydrogens (tertiary/aromatic N) is 7. The maximum atomic E-state index is 5.52. The van der Waals surface area contributed by atoms with Crippen molar-refractivity contribution < 1.29 is 4.74 Å². The van der Waals surface area contributed by atoms with Crippen molar-refractivity contribution in [2.24, 2.45) is 10.2 Å². The SMILES string of the molecule is c1cc(Nc2ncc3sc4c(c3n2)C2(CCCCC2)CN=N4)ncc1N1CCC(N2CCOCC2)CC1. The Morgan fingerprint density at radius 1 is 0.973 bits per heavy atom. The molecule has 3 aromatic rings. The third-order valence-electron chi connectivity index (χ3n) is 8.67. The normalized spacial score (nSPS) is 22.4. The molecule has 10 heteroatoms. The highest BCUT2D eigenvalue weighted by Gasteiger charge is 2.41. The Morgan fingerprint density at radius 2 is 1.81 bits per heavy atom. The average Bonchev–Trinajstić information content (AvgIpc) is 3.34. The average molecular weight is 519 g/mol. The summed E-state index contributed by atoms with van der Waals surface area (Å²) in [5.41, 5.74) is 3.61. The van der Waals surface area contributed by atoms with Gasteiger partial charge in [0.1, 0.15) is 10.8 Å². The summed E-state index contributed by atoms with van der Waals surface area (Å²) in [5, 5.41) is 13.4.